The van der Waals surface area contributed by atoms with E-state index in [1.807, 2.05) is 0 Å². The Morgan fingerprint density at radius 1 is 0.750 bits per heavy atom. The van der Waals surface area contributed by atoms with Crippen LogP contribution in [-0.4, -0.2) is 18.9 Å². The maximum absolute atomic E-state index is 0. The molecule has 0 amide bonds. The van der Waals surface area contributed by atoms with Crippen molar-refractivity contribution in [3.05, 3.63) is 0 Å². The van der Waals surface area contributed by atoms with Crippen molar-refractivity contribution in [1.29, 1.82) is 0 Å². The van der Waals surface area contributed by atoms with Gasteiger partial charge in [0.2, 0.25) is 0 Å². The molecule has 0 heterocycles. The van der Waals surface area contributed by atoms with Crippen LogP contribution in [0.3, 0.4) is 0 Å². The predicted molar refractivity (Wildman–Crippen MR) is 21.6 cm³/mol. The van der Waals surface area contributed by atoms with Crippen LogP contribution >= 0.6 is 24.8 Å². The fraction of sp³-hybridized carbons (Fsp3) is 0. The van der Waals surface area contributed by atoms with Crippen LogP contribution in [-0.2, 0) is 0 Å². The van der Waals surface area contributed by atoms with Crippen LogP contribution in [0.2, 0.25) is 0 Å². The molecule has 0 N–H and O–H groups in total. The van der Waals surface area contributed by atoms with Crippen molar-refractivity contribution in [2.24, 2.45) is 0 Å². The van der Waals surface area contributed by atoms with E-state index in [1.54, 1.807) is 0 Å². The molecule has 0 saturated heterocycles. The zero-order valence-corrected chi connectivity index (χ0v) is 6.65. The van der Waals surface area contributed by atoms with Crippen LogP contribution in [0.4, 0.5) is 0 Å². The minimum absolute atomic E-state index is 0. The van der Waals surface area contributed by atoms with Crippen LogP contribution in [0, 0.1) is 35.6 Å². The van der Waals surface area contributed by atoms with Gasteiger partial charge in [0.05, 0.1) is 0 Å². The molecule has 1 radical (unpaired) electrons. The monoisotopic (exact) mass is 219 g/mol. The van der Waals surface area contributed by atoms with E-state index in [0.717, 1.165) is 0 Å². The van der Waals surface area contributed by atoms with E-state index in [-0.39, 0.29) is 79.3 Å². The second-order valence-corrected chi connectivity index (χ2v) is 0. The molecule has 0 aromatic carbocycles. The first-order chi connectivity index (χ1) is 0. The first kappa shape index (κ1) is 32.7. The molecule has 0 rings (SSSR count). The third kappa shape index (κ3) is 8.84. The molecule has 0 nitrogen and oxygen atoms in total. The van der Waals surface area contributed by atoms with Gasteiger partial charge in [-0.1, -0.05) is 0 Å². The van der Waals surface area contributed by atoms with Gasteiger partial charge in [0.15, 0.2) is 0 Å². The van der Waals surface area contributed by atoms with Crippen molar-refractivity contribution in [2.45, 2.75) is 0 Å². The van der Waals surface area contributed by atoms with Gasteiger partial charge >= 0.3 is 18.9 Å². The zero-order chi connectivity index (χ0) is 0. The topological polar surface area (TPSA) is 0 Å². The van der Waals surface area contributed by atoms with Gasteiger partial charge in [-0.25, -0.2) is 0 Å². The third-order valence-corrected chi connectivity index (χ3v) is 0. The summed E-state index contributed by atoms with van der Waals surface area (Å²) in [5, 5.41) is 0. The van der Waals surface area contributed by atoms with E-state index in [0.29, 0.717) is 0 Å². The van der Waals surface area contributed by atoms with Crippen LogP contribution in [0.5, 0.6) is 0 Å². The molecular weight excluding hydrogens is 217 g/mol. The average molecular weight is 220 g/mol. The summed E-state index contributed by atoms with van der Waals surface area (Å²) < 4.78 is 0. The Morgan fingerprint density at radius 2 is 0.750 bits per heavy atom. The van der Waals surface area contributed by atoms with E-state index in [9.17, 15) is 0 Å². The average Bonchev–Trinajstić information content (AvgIpc) is 0. The van der Waals surface area contributed by atoms with Crippen molar-refractivity contribution in [1.82, 2.24) is 0 Å². The Kier molecular flexibility index (Phi) is 149. The number of hydrogen-bond acceptors (Lipinski definition) is 0. The van der Waals surface area contributed by atoms with Gasteiger partial charge in [0.1, 0.15) is 0 Å². The molecule has 0 saturated carbocycles. The molecule has 0 aliphatic heterocycles. The molecule has 0 aromatic heterocycles. The summed E-state index contributed by atoms with van der Waals surface area (Å²) in [5.41, 5.74) is 0. The summed E-state index contributed by atoms with van der Waals surface area (Å²) in [6.45, 7) is 0. The van der Waals surface area contributed by atoms with E-state index in [2.05, 4.69) is 0 Å². The quantitative estimate of drug-likeness (QED) is 0.511. The predicted octanol–water partition coefficient (Wildman–Crippen LogP) is 0.195. The van der Waals surface area contributed by atoms with E-state index < -0.39 is 0 Å². The number of rotatable bonds is 0. The summed E-state index contributed by atoms with van der Waals surface area (Å²) in [7, 11) is 0. The Labute approximate surface area is 78.1 Å². The first-order valence-corrected chi connectivity index (χ1v) is 0. The van der Waals surface area contributed by atoms with Gasteiger partial charge in [-0.2, -0.15) is 0 Å². The van der Waals surface area contributed by atoms with Gasteiger partial charge in [0.25, 0.3) is 0 Å². The summed E-state index contributed by atoms with van der Waals surface area (Å²) in [6, 6.07) is 0. The number of halogens is 2. The van der Waals surface area contributed by atoms with Crippen molar-refractivity contribution < 1.29 is 35.6 Å². The van der Waals surface area contributed by atoms with Gasteiger partial charge < -0.3 is 0 Å². The van der Waals surface area contributed by atoms with Crippen molar-refractivity contribution in [2.75, 3.05) is 0 Å². The van der Waals surface area contributed by atoms with Crippen LogP contribution in [0.15, 0.2) is 0 Å². The zero-order valence-electron chi connectivity index (χ0n) is 1.39. The SMILES string of the molecule is Cl.Cl.[La].[LiH]. The first-order valence-electron chi connectivity index (χ1n) is 0. The Balaban J connectivity index is 0. The van der Waals surface area contributed by atoms with Gasteiger partial charge in [-0.3, -0.25) is 0 Å². The van der Waals surface area contributed by atoms with E-state index in [1.165, 1.54) is 0 Å². The fourth-order valence-corrected chi connectivity index (χ4v) is 0. The molecule has 4 heteroatoms. The van der Waals surface area contributed by atoms with Crippen LogP contribution in [0.1, 0.15) is 0 Å². The second kappa shape index (κ2) is 18.2. The van der Waals surface area contributed by atoms with Gasteiger partial charge in [-0.05, 0) is 0 Å². The molecule has 0 bridgehead atoms. The molecule has 0 spiro atoms. The molecule has 0 aliphatic carbocycles. The summed E-state index contributed by atoms with van der Waals surface area (Å²) in [6.07, 6.45) is 0. The van der Waals surface area contributed by atoms with Gasteiger partial charge in [-0.15, -0.1) is 24.8 Å². The molecule has 0 unspecified atom stereocenters. The van der Waals surface area contributed by atoms with Crippen molar-refractivity contribution in [3.63, 3.8) is 0 Å². The molecule has 0 atom stereocenters. The Bertz CT molecular complexity index is 6.00. The van der Waals surface area contributed by atoms with Crippen LogP contribution in [0.25, 0.3) is 0 Å². The standard InChI is InChI=1S/2ClH.La.Li.H/h2*1H;;;. The van der Waals surface area contributed by atoms with Crippen LogP contribution < -0.4 is 0 Å². The molecule has 0 aliphatic rings. The van der Waals surface area contributed by atoms with E-state index >= 15 is 0 Å². The Hall–Kier alpha value is 2.37. The van der Waals surface area contributed by atoms with Crippen molar-refractivity contribution in [3.8, 4) is 0 Å². The third-order valence-electron chi connectivity index (χ3n) is 0. The fourth-order valence-electron chi connectivity index (χ4n) is 0. The molecule has 0 fully saturated rings. The summed E-state index contributed by atoms with van der Waals surface area (Å²) >= 11 is 0. The molecular formula is H3Cl2LaLi. The van der Waals surface area contributed by atoms with Crippen molar-refractivity contribution >= 4 is 43.7 Å². The molecule has 21 valence electrons. The Morgan fingerprint density at radius 3 is 0.750 bits per heavy atom. The van der Waals surface area contributed by atoms with E-state index in [4.69, 9.17) is 0 Å². The van der Waals surface area contributed by atoms with Gasteiger partial charge in [0, 0.05) is 35.6 Å². The summed E-state index contributed by atoms with van der Waals surface area (Å²) in [4.78, 5) is 0. The number of hydrogen-bond donors (Lipinski definition) is 0. The minimum atomic E-state index is 0. The normalized spacial score (nSPS) is 0. The molecule has 0 aromatic rings. The maximum atomic E-state index is 0. The second-order valence-electron chi connectivity index (χ2n) is 0. The molecule has 4 heavy (non-hydrogen) atoms. The summed E-state index contributed by atoms with van der Waals surface area (Å²) in [5.74, 6) is 0.